The fraction of sp³-hybridized carbons (Fsp3) is 0.235. The number of nitrogens with zero attached hydrogens (tertiary/aromatic N) is 4. The van der Waals surface area contributed by atoms with E-state index in [4.69, 9.17) is 4.74 Å². The Morgan fingerprint density at radius 2 is 1.87 bits per heavy atom. The van der Waals surface area contributed by atoms with Crippen LogP contribution < -0.4 is 4.74 Å². The average Bonchev–Trinajstić information content (AvgIpc) is 2.96. The second kappa shape index (κ2) is 7.28. The molecule has 3 aromatic rings. The summed E-state index contributed by atoms with van der Waals surface area (Å²) >= 11 is 1.65. The van der Waals surface area contributed by atoms with Gasteiger partial charge in [0, 0.05) is 36.3 Å². The van der Waals surface area contributed by atoms with Crippen molar-refractivity contribution in [2.45, 2.75) is 17.8 Å². The summed E-state index contributed by atoms with van der Waals surface area (Å²) in [6.45, 7) is 2.66. The van der Waals surface area contributed by atoms with Crippen LogP contribution >= 0.6 is 11.8 Å². The molecule has 0 bridgehead atoms. The summed E-state index contributed by atoms with van der Waals surface area (Å²) in [4.78, 5) is 4.03. The maximum atomic E-state index is 5.67. The molecule has 1 aromatic carbocycles. The molecule has 0 amide bonds. The van der Waals surface area contributed by atoms with E-state index >= 15 is 0 Å². The van der Waals surface area contributed by atoms with E-state index in [0.717, 1.165) is 33.6 Å². The van der Waals surface area contributed by atoms with Gasteiger partial charge in [-0.25, -0.2) is 0 Å². The van der Waals surface area contributed by atoms with E-state index < -0.39 is 0 Å². The van der Waals surface area contributed by atoms with Crippen molar-refractivity contribution in [1.29, 1.82) is 0 Å². The third kappa shape index (κ3) is 3.53. The van der Waals surface area contributed by atoms with E-state index in [1.165, 1.54) is 0 Å². The van der Waals surface area contributed by atoms with E-state index in [1.54, 1.807) is 24.2 Å². The van der Waals surface area contributed by atoms with Crippen LogP contribution in [0.5, 0.6) is 5.75 Å². The summed E-state index contributed by atoms with van der Waals surface area (Å²) in [5, 5.41) is 9.47. The van der Waals surface area contributed by atoms with Crippen molar-refractivity contribution in [3.63, 3.8) is 0 Å². The molecule has 0 fully saturated rings. The smallest absolute Gasteiger partial charge is 0.191 e. The fourth-order valence-electron chi connectivity index (χ4n) is 2.25. The van der Waals surface area contributed by atoms with E-state index in [9.17, 15) is 0 Å². The van der Waals surface area contributed by atoms with Crippen molar-refractivity contribution in [1.82, 2.24) is 19.7 Å². The lowest BCUT2D eigenvalue weighted by atomic mass is 10.2. The molecule has 2 aromatic heterocycles. The first-order valence-corrected chi connectivity index (χ1v) is 8.41. The van der Waals surface area contributed by atoms with Gasteiger partial charge in [-0.1, -0.05) is 30.0 Å². The highest BCUT2D eigenvalue weighted by molar-refractivity contribution is 7.98. The molecule has 2 heterocycles. The van der Waals surface area contributed by atoms with Crippen molar-refractivity contribution in [3.05, 3.63) is 54.4 Å². The molecule has 0 N–H and O–H groups in total. The molecule has 6 heteroatoms. The van der Waals surface area contributed by atoms with E-state index in [1.807, 2.05) is 48.9 Å². The predicted octanol–water partition coefficient (Wildman–Crippen LogP) is 3.57. The molecule has 0 aliphatic heterocycles. The van der Waals surface area contributed by atoms with Gasteiger partial charge in [0.2, 0.25) is 0 Å². The molecule has 0 atom stereocenters. The van der Waals surface area contributed by atoms with E-state index in [2.05, 4.69) is 21.2 Å². The van der Waals surface area contributed by atoms with Gasteiger partial charge >= 0.3 is 0 Å². The Balaban J connectivity index is 1.76. The molecule has 0 spiro atoms. The van der Waals surface area contributed by atoms with E-state index in [0.29, 0.717) is 6.61 Å². The number of hydrogen-bond donors (Lipinski definition) is 0. The zero-order valence-electron chi connectivity index (χ0n) is 13.1. The highest BCUT2D eigenvalue weighted by atomic mass is 32.2. The van der Waals surface area contributed by atoms with Crippen molar-refractivity contribution >= 4 is 11.8 Å². The largest absolute Gasteiger partial charge is 0.494 e. The summed E-state index contributed by atoms with van der Waals surface area (Å²) in [5.41, 5.74) is 2.17. The summed E-state index contributed by atoms with van der Waals surface area (Å²) in [6, 6.07) is 12.0. The Hall–Kier alpha value is -2.34. The Kier molecular flexibility index (Phi) is 4.92. The minimum atomic E-state index is 0.665. The van der Waals surface area contributed by atoms with Gasteiger partial charge in [0.1, 0.15) is 5.75 Å². The van der Waals surface area contributed by atoms with E-state index in [-0.39, 0.29) is 0 Å². The zero-order chi connectivity index (χ0) is 16.1. The topological polar surface area (TPSA) is 52.8 Å². The lowest BCUT2D eigenvalue weighted by molar-refractivity contribution is 0.337. The van der Waals surface area contributed by atoms with Crippen LogP contribution in [0, 0.1) is 0 Å². The van der Waals surface area contributed by atoms with Gasteiger partial charge in [-0.05, 0) is 25.1 Å². The van der Waals surface area contributed by atoms with Crippen LogP contribution in [-0.2, 0) is 12.8 Å². The van der Waals surface area contributed by atoms with Crippen molar-refractivity contribution in [3.8, 4) is 17.1 Å². The lowest BCUT2D eigenvalue weighted by Gasteiger charge is -2.09. The third-order valence-electron chi connectivity index (χ3n) is 3.40. The van der Waals surface area contributed by atoms with Crippen molar-refractivity contribution in [2.75, 3.05) is 6.61 Å². The standard InChI is InChI=1S/C17H18N4OS/c1-3-22-15-7-5-4-6-14(15)12-23-17-20-19-16(21(17)2)13-8-10-18-11-9-13/h4-11H,3,12H2,1-2H3. The fourth-order valence-corrected chi connectivity index (χ4v) is 3.16. The quantitative estimate of drug-likeness (QED) is 0.648. The molecule has 0 saturated carbocycles. The van der Waals surface area contributed by atoms with Gasteiger partial charge in [-0.15, -0.1) is 10.2 Å². The van der Waals surface area contributed by atoms with Gasteiger partial charge in [0.25, 0.3) is 0 Å². The Morgan fingerprint density at radius 1 is 1.09 bits per heavy atom. The van der Waals surface area contributed by atoms with Gasteiger partial charge in [0.15, 0.2) is 11.0 Å². The normalized spacial score (nSPS) is 10.7. The third-order valence-corrected chi connectivity index (χ3v) is 4.47. The monoisotopic (exact) mass is 326 g/mol. The van der Waals surface area contributed by atoms with Crippen molar-refractivity contribution in [2.24, 2.45) is 7.05 Å². The van der Waals surface area contributed by atoms with Gasteiger partial charge in [-0.2, -0.15) is 0 Å². The van der Waals surface area contributed by atoms with Crippen LogP contribution in [0.4, 0.5) is 0 Å². The SMILES string of the molecule is CCOc1ccccc1CSc1nnc(-c2ccncc2)n1C. The number of pyridine rings is 1. The molecular weight excluding hydrogens is 308 g/mol. The zero-order valence-corrected chi connectivity index (χ0v) is 14.0. The Bertz CT molecular complexity index is 773. The maximum absolute atomic E-state index is 5.67. The molecule has 0 unspecified atom stereocenters. The summed E-state index contributed by atoms with van der Waals surface area (Å²) in [7, 11) is 1.98. The second-order valence-electron chi connectivity index (χ2n) is 4.93. The molecule has 3 rings (SSSR count). The van der Waals surface area contributed by atoms with Gasteiger partial charge in [0.05, 0.1) is 6.61 Å². The molecule has 0 saturated heterocycles. The number of benzene rings is 1. The minimum Gasteiger partial charge on any atom is -0.494 e. The molecule has 118 valence electrons. The molecule has 23 heavy (non-hydrogen) atoms. The maximum Gasteiger partial charge on any atom is 0.191 e. The highest BCUT2D eigenvalue weighted by Gasteiger charge is 2.12. The number of para-hydroxylation sites is 1. The first-order valence-electron chi connectivity index (χ1n) is 7.43. The predicted molar refractivity (Wildman–Crippen MR) is 91.4 cm³/mol. The number of ether oxygens (including phenoxy) is 1. The number of hydrogen-bond acceptors (Lipinski definition) is 5. The minimum absolute atomic E-state index is 0.665. The Labute approximate surface area is 139 Å². The van der Waals surface area contributed by atoms with Crippen LogP contribution in [0.25, 0.3) is 11.4 Å². The van der Waals surface area contributed by atoms with Crippen LogP contribution in [0.2, 0.25) is 0 Å². The Morgan fingerprint density at radius 3 is 2.65 bits per heavy atom. The van der Waals surface area contributed by atoms with Crippen LogP contribution in [-0.4, -0.2) is 26.4 Å². The lowest BCUT2D eigenvalue weighted by Crippen LogP contribution is -1.97. The summed E-state index contributed by atoms with van der Waals surface area (Å²) < 4.78 is 7.67. The second-order valence-corrected chi connectivity index (χ2v) is 5.87. The number of rotatable bonds is 6. The van der Waals surface area contributed by atoms with Gasteiger partial charge in [-0.3, -0.25) is 4.98 Å². The van der Waals surface area contributed by atoms with Crippen LogP contribution in [0.15, 0.2) is 53.9 Å². The average molecular weight is 326 g/mol. The van der Waals surface area contributed by atoms with Crippen LogP contribution in [0.1, 0.15) is 12.5 Å². The molecule has 0 aliphatic rings. The molecule has 0 radical (unpaired) electrons. The number of aromatic nitrogens is 4. The summed E-state index contributed by atoms with van der Waals surface area (Å²) in [6.07, 6.45) is 3.52. The van der Waals surface area contributed by atoms with Gasteiger partial charge < -0.3 is 9.30 Å². The van der Waals surface area contributed by atoms with Crippen molar-refractivity contribution < 1.29 is 4.74 Å². The first-order chi connectivity index (χ1) is 11.3. The van der Waals surface area contributed by atoms with Crippen LogP contribution in [0.3, 0.4) is 0 Å². The molecule has 0 aliphatic carbocycles. The molecular formula is C17H18N4OS. The summed E-state index contributed by atoms with van der Waals surface area (Å²) in [5.74, 6) is 2.56. The number of thioether (sulfide) groups is 1. The first kappa shape index (κ1) is 15.6. The highest BCUT2D eigenvalue weighted by Crippen LogP contribution is 2.28. The molecule has 5 nitrogen and oxygen atoms in total.